The van der Waals surface area contributed by atoms with Gasteiger partial charge in [0.05, 0.1) is 11.3 Å². The van der Waals surface area contributed by atoms with Crippen molar-refractivity contribution in [2.75, 3.05) is 5.32 Å². The van der Waals surface area contributed by atoms with Gasteiger partial charge in [0.25, 0.3) is 0 Å². The number of para-hydroxylation sites is 1. The summed E-state index contributed by atoms with van der Waals surface area (Å²) in [6.45, 7) is 5.98. The Morgan fingerprint density at radius 3 is 2.61 bits per heavy atom. The summed E-state index contributed by atoms with van der Waals surface area (Å²) < 4.78 is 39.1. The van der Waals surface area contributed by atoms with E-state index < -0.39 is 11.7 Å². The van der Waals surface area contributed by atoms with Gasteiger partial charge >= 0.3 is 6.18 Å². The Bertz CT molecular complexity index is 453. The molecular formula is C14H18F3N. The molecular weight excluding hydrogens is 239 g/mol. The molecule has 4 heteroatoms. The lowest BCUT2D eigenvalue weighted by Crippen LogP contribution is -2.40. The van der Waals surface area contributed by atoms with E-state index in [0.29, 0.717) is 0 Å². The van der Waals surface area contributed by atoms with Crippen molar-refractivity contribution < 1.29 is 13.2 Å². The van der Waals surface area contributed by atoms with Gasteiger partial charge in [0.2, 0.25) is 0 Å². The van der Waals surface area contributed by atoms with Crippen molar-refractivity contribution in [3.8, 4) is 0 Å². The third-order valence-electron chi connectivity index (χ3n) is 3.90. The van der Waals surface area contributed by atoms with Gasteiger partial charge in [-0.05, 0) is 37.3 Å². The zero-order chi connectivity index (χ0) is 13.6. The van der Waals surface area contributed by atoms with Crippen molar-refractivity contribution in [1.82, 2.24) is 0 Å². The standard InChI is InChI=1S/C14H18F3N/c1-4-13(3)8-9(2)10-6-5-7-11(12(10)18-13)14(15,16)17/h5-7,9,18H,4,8H2,1-3H3. The summed E-state index contributed by atoms with van der Waals surface area (Å²) in [4.78, 5) is 0. The highest BCUT2D eigenvalue weighted by Crippen LogP contribution is 2.45. The van der Waals surface area contributed by atoms with Gasteiger partial charge in [-0.25, -0.2) is 0 Å². The second-order valence-electron chi connectivity index (χ2n) is 5.41. The van der Waals surface area contributed by atoms with E-state index in [9.17, 15) is 13.2 Å². The first-order valence-corrected chi connectivity index (χ1v) is 6.25. The van der Waals surface area contributed by atoms with Crippen LogP contribution in [0.4, 0.5) is 18.9 Å². The number of anilines is 1. The Labute approximate surface area is 105 Å². The molecule has 0 aromatic heterocycles. The van der Waals surface area contributed by atoms with E-state index in [0.717, 1.165) is 24.5 Å². The summed E-state index contributed by atoms with van der Waals surface area (Å²) in [6, 6.07) is 4.44. The lowest BCUT2D eigenvalue weighted by atomic mass is 9.78. The molecule has 2 rings (SSSR count). The molecule has 1 aliphatic heterocycles. The number of rotatable bonds is 1. The van der Waals surface area contributed by atoms with E-state index in [1.165, 1.54) is 6.07 Å². The van der Waals surface area contributed by atoms with E-state index in [-0.39, 0.29) is 17.1 Å². The van der Waals surface area contributed by atoms with Crippen molar-refractivity contribution in [3.05, 3.63) is 29.3 Å². The highest BCUT2D eigenvalue weighted by molar-refractivity contribution is 5.63. The van der Waals surface area contributed by atoms with Crippen LogP contribution in [0.5, 0.6) is 0 Å². The van der Waals surface area contributed by atoms with E-state index in [2.05, 4.69) is 5.32 Å². The fourth-order valence-electron chi connectivity index (χ4n) is 2.73. The number of alkyl halides is 3. The maximum Gasteiger partial charge on any atom is 0.418 e. The second kappa shape index (κ2) is 4.18. The topological polar surface area (TPSA) is 12.0 Å². The van der Waals surface area contributed by atoms with Gasteiger partial charge in [-0.2, -0.15) is 13.2 Å². The summed E-state index contributed by atoms with van der Waals surface area (Å²) in [7, 11) is 0. The Morgan fingerprint density at radius 1 is 1.39 bits per heavy atom. The first-order chi connectivity index (χ1) is 8.27. The molecule has 0 radical (unpaired) electrons. The van der Waals surface area contributed by atoms with Crippen LogP contribution in [0.3, 0.4) is 0 Å². The monoisotopic (exact) mass is 257 g/mol. The molecule has 1 aliphatic rings. The van der Waals surface area contributed by atoms with Crippen LogP contribution in [-0.2, 0) is 6.18 Å². The van der Waals surface area contributed by atoms with Crippen LogP contribution < -0.4 is 5.32 Å². The summed E-state index contributed by atoms with van der Waals surface area (Å²) in [5.41, 5.74) is 0.239. The average Bonchev–Trinajstić information content (AvgIpc) is 2.27. The molecule has 18 heavy (non-hydrogen) atoms. The van der Waals surface area contributed by atoms with E-state index in [1.807, 2.05) is 20.8 Å². The fourth-order valence-corrected chi connectivity index (χ4v) is 2.73. The van der Waals surface area contributed by atoms with Crippen molar-refractivity contribution in [2.45, 2.75) is 51.2 Å². The summed E-state index contributed by atoms with van der Waals surface area (Å²) >= 11 is 0. The van der Waals surface area contributed by atoms with Crippen LogP contribution in [-0.4, -0.2) is 5.54 Å². The molecule has 0 spiro atoms. The molecule has 1 aromatic rings. The molecule has 0 aliphatic carbocycles. The first-order valence-electron chi connectivity index (χ1n) is 6.25. The molecule has 1 heterocycles. The lowest BCUT2D eigenvalue weighted by molar-refractivity contribution is -0.137. The lowest BCUT2D eigenvalue weighted by Gasteiger charge is -2.40. The maximum atomic E-state index is 13.0. The van der Waals surface area contributed by atoms with Crippen molar-refractivity contribution >= 4 is 5.69 Å². The van der Waals surface area contributed by atoms with Gasteiger partial charge in [0.1, 0.15) is 0 Å². The third kappa shape index (κ3) is 2.20. The largest absolute Gasteiger partial charge is 0.418 e. The highest BCUT2D eigenvalue weighted by Gasteiger charge is 2.39. The SMILES string of the molecule is CCC1(C)CC(C)c2cccc(C(F)(F)F)c2N1. The molecule has 2 unspecified atom stereocenters. The maximum absolute atomic E-state index is 13.0. The predicted molar refractivity (Wildman–Crippen MR) is 66.8 cm³/mol. The molecule has 1 aromatic carbocycles. The number of fused-ring (bicyclic) bond motifs is 1. The molecule has 0 bridgehead atoms. The van der Waals surface area contributed by atoms with Gasteiger partial charge in [-0.1, -0.05) is 26.0 Å². The van der Waals surface area contributed by atoms with E-state index in [4.69, 9.17) is 0 Å². The summed E-state index contributed by atoms with van der Waals surface area (Å²) in [5.74, 6) is 0.147. The number of benzene rings is 1. The van der Waals surface area contributed by atoms with Gasteiger partial charge in [-0.3, -0.25) is 0 Å². The molecule has 0 saturated carbocycles. The molecule has 2 atom stereocenters. The van der Waals surface area contributed by atoms with Crippen molar-refractivity contribution in [3.63, 3.8) is 0 Å². The van der Waals surface area contributed by atoms with Crippen LogP contribution in [0.2, 0.25) is 0 Å². The molecule has 100 valence electrons. The van der Waals surface area contributed by atoms with Crippen molar-refractivity contribution in [2.24, 2.45) is 0 Å². The Kier molecular flexibility index (Phi) is 3.07. The molecule has 1 nitrogen and oxygen atoms in total. The normalized spacial score (nSPS) is 27.6. The van der Waals surface area contributed by atoms with Crippen LogP contribution in [0.25, 0.3) is 0 Å². The zero-order valence-corrected chi connectivity index (χ0v) is 10.9. The molecule has 0 saturated heterocycles. The molecule has 1 N–H and O–H groups in total. The van der Waals surface area contributed by atoms with Crippen LogP contribution in [0.1, 0.15) is 50.7 Å². The van der Waals surface area contributed by atoms with Gasteiger partial charge in [0.15, 0.2) is 0 Å². The molecule has 0 fully saturated rings. The van der Waals surface area contributed by atoms with E-state index in [1.54, 1.807) is 6.07 Å². The van der Waals surface area contributed by atoms with E-state index >= 15 is 0 Å². The Balaban J connectivity index is 2.55. The zero-order valence-electron chi connectivity index (χ0n) is 10.9. The average molecular weight is 257 g/mol. The fraction of sp³-hybridized carbons (Fsp3) is 0.571. The number of hydrogen-bond acceptors (Lipinski definition) is 1. The third-order valence-corrected chi connectivity index (χ3v) is 3.90. The summed E-state index contributed by atoms with van der Waals surface area (Å²) in [6.07, 6.45) is -2.63. The Hall–Kier alpha value is -1.19. The quantitative estimate of drug-likeness (QED) is 0.762. The highest BCUT2D eigenvalue weighted by atomic mass is 19.4. The van der Waals surface area contributed by atoms with Gasteiger partial charge < -0.3 is 5.32 Å². The van der Waals surface area contributed by atoms with Crippen molar-refractivity contribution in [1.29, 1.82) is 0 Å². The summed E-state index contributed by atoms with van der Waals surface area (Å²) in [5, 5.41) is 3.11. The molecule has 0 amide bonds. The van der Waals surface area contributed by atoms with Crippen LogP contribution in [0, 0.1) is 0 Å². The second-order valence-corrected chi connectivity index (χ2v) is 5.41. The predicted octanol–water partition coefficient (Wildman–Crippen LogP) is 4.79. The first kappa shape index (κ1) is 13.2. The number of hydrogen-bond donors (Lipinski definition) is 1. The number of nitrogens with one attached hydrogen (secondary N) is 1. The Morgan fingerprint density at radius 2 is 2.06 bits per heavy atom. The number of halogens is 3. The minimum Gasteiger partial charge on any atom is -0.379 e. The van der Waals surface area contributed by atoms with Crippen LogP contribution in [0.15, 0.2) is 18.2 Å². The minimum absolute atomic E-state index is 0.147. The minimum atomic E-state index is -4.30. The van der Waals surface area contributed by atoms with Gasteiger partial charge in [0, 0.05) is 5.54 Å². The van der Waals surface area contributed by atoms with Gasteiger partial charge in [-0.15, -0.1) is 0 Å². The smallest absolute Gasteiger partial charge is 0.379 e. The van der Waals surface area contributed by atoms with Crippen LogP contribution >= 0.6 is 0 Å².